The van der Waals surface area contributed by atoms with Crippen molar-refractivity contribution in [2.45, 2.75) is 69.6 Å². The van der Waals surface area contributed by atoms with E-state index in [1.807, 2.05) is 0 Å². The number of nitrogens with zero attached hydrogens (tertiary/aromatic N) is 2. The molecule has 0 unspecified atom stereocenters. The lowest BCUT2D eigenvalue weighted by molar-refractivity contribution is 0.353. The number of allylic oxidation sites excluding steroid dienone is 4. The Hall–Kier alpha value is -6.12. The molecule has 0 N–H and O–H groups in total. The van der Waals surface area contributed by atoms with Gasteiger partial charge in [0.15, 0.2) is 0 Å². The van der Waals surface area contributed by atoms with Gasteiger partial charge in [-0.05, 0) is 105 Å². The number of benzene rings is 6. The van der Waals surface area contributed by atoms with Crippen LogP contribution < -0.4 is 0 Å². The molecule has 1 spiro atoms. The van der Waals surface area contributed by atoms with Crippen LogP contribution in [0.2, 0.25) is 0 Å². The fraction of sp³-hybridized carbons (Fsp3) is 0.200. The highest BCUT2D eigenvalue weighted by molar-refractivity contribution is 5.92. The average Bonchev–Trinajstić information content (AvgIpc) is 3.66. The van der Waals surface area contributed by atoms with Crippen molar-refractivity contribution in [3.05, 3.63) is 191 Å². The summed E-state index contributed by atoms with van der Waals surface area (Å²) in [5.74, 6) is 0. The van der Waals surface area contributed by atoms with Gasteiger partial charge in [-0.3, -0.25) is 0 Å². The number of fused-ring (bicyclic) bond motifs is 8. The quantitative estimate of drug-likeness (QED) is 0.176. The maximum absolute atomic E-state index is 5.53. The van der Waals surface area contributed by atoms with Gasteiger partial charge in [0.25, 0.3) is 0 Å². The zero-order valence-electron chi connectivity index (χ0n) is 32.9. The first kappa shape index (κ1) is 34.2. The minimum absolute atomic E-state index is 0.0185. The molecule has 0 amide bonds. The third kappa shape index (κ3) is 5.37. The van der Waals surface area contributed by atoms with Crippen molar-refractivity contribution in [2.24, 2.45) is 0 Å². The Kier molecular flexibility index (Phi) is 7.93. The zero-order valence-corrected chi connectivity index (χ0v) is 32.9. The lowest BCUT2D eigenvalue weighted by atomic mass is 9.67. The van der Waals surface area contributed by atoms with Crippen LogP contribution in [-0.2, 0) is 10.8 Å². The van der Waals surface area contributed by atoms with Crippen molar-refractivity contribution in [2.75, 3.05) is 0 Å². The van der Waals surface area contributed by atoms with E-state index in [0.717, 1.165) is 52.3 Å². The summed E-state index contributed by atoms with van der Waals surface area (Å²) in [6.07, 6.45) is 12.9. The lowest BCUT2D eigenvalue weighted by Crippen LogP contribution is -2.28. The predicted octanol–water partition coefficient (Wildman–Crippen LogP) is 14.3. The summed E-state index contributed by atoms with van der Waals surface area (Å²) < 4.78 is 0. The normalized spacial score (nSPS) is 16.9. The van der Waals surface area contributed by atoms with Crippen molar-refractivity contribution in [1.29, 1.82) is 0 Å². The Bertz CT molecular complexity index is 2760. The highest BCUT2D eigenvalue weighted by Crippen LogP contribution is 2.60. The number of aromatic nitrogens is 2. The molecule has 6 aromatic carbocycles. The van der Waals surface area contributed by atoms with Gasteiger partial charge in [0.2, 0.25) is 0 Å². The standard InChI is InChI=1S/C55H46N2/c1-54(2)46-24-14-13-23-42(46)44-35-49-45(34-48(44)54)43-33-41(29-30-47(43)55(49)31-15-6-16-32-55)36-25-27-40(28-26-36)53-52(39-21-11-5-12-22-39)56-50(37-17-7-3-8-18-37)51(57-53)38-19-9-4-10-20-38/h3-5,7-14,17-25,27,29-30,33-35H,6,15-16,26,28,31-32H2,1-2H3. The third-order valence-corrected chi connectivity index (χ3v) is 13.6. The molecule has 4 aliphatic carbocycles. The SMILES string of the molecule is CC1(C)c2ccccc2-c2cc3c(cc21)-c1cc(C2=CC=C(c4nc(-c5ccccc5)c(-c5ccccc5)nc4-c4ccccc4)CC2)ccc1C31CCCCC1. The maximum atomic E-state index is 5.53. The Morgan fingerprint density at radius 1 is 0.386 bits per heavy atom. The monoisotopic (exact) mass is 734 g/mol. The Morgan fingerprint density at radius 3 is 1.53 bits per heavy atom. The lowest BCUT2D eigenvalue weighted by Gasteiger charge is -2.36. The Labute approximate surface area is 336 Å². The number of rotatable bonds is 5. The summed E-state index contributed by atoms with van der Waals surface area (Å²) in [6, 6.07) is 53.4. The second-order valence-corrected chi connectivity index (χ2v) is 17.1. The first-order chi connectivity index (χ1) is 28.0. The van der Waals surface area contributed by atoms with Crippen LogP contribution >= 0.6 is 0 Å². The summed E-state index contributed by atoms with van der Waals surface area (Å²) in [6.45, 7) is 4.82. The Balaban J connectivity index is 1.03. The van der Waals surface area contributed by atoms with Crippen molar-refractivity contribution >= 4 is 11.1 Å². The molecule has 4 aliphatic rings. The minimum atomic E-state index is -0.0185. The molecule has 57 heavy (non-hydrogen) atoms. The molecule has 0 radical (unpaired) electrons. The van der Waals surface area contributed by atoms with Crippen molar-refractivity contribution < 1.29 is 0 Å². The zero-order chi connectivity index (χ0) is 38.1. The topological polar surface area (TPSA) is 25.8 Å². The van der Waals surface area contributed by atoms with E-state index >= 15 is 0 Å². The average molecular weight is 735 g/mol. The molecule has 1 fully saturated rings. The predicted molar refractivity (Wildman–Crippen MR) is 237 cm³/mol. The van der Waals surface area contributed by atoms with Gasteiger partial charge < -0.3 is 0 Å². The van der Waals surface area contributed by atoms with Gasteiger partial charge >= 0.3 is 0 Å². The van der Waals surface area contributed by atoms with E-state index in [1.54, 1.807) is 11.1 Å². The van der Waals surface area contributed by atoms with Gasteiger partial charge in [0.1, 0.15) is 0 Å². The highest BCUT2D eigenvalue weighted by atomic mass is 14.9. The Morgan fingerprint density at radius 2 is 0.895 bits per heavy atom. The van der Waals surface area contributed by atoms with E-state index in [2.05, 4.69) is 172 Å². The largest absolute Gasteiger partial charge is 0.244 e. The molecule has 7 aromatic rings. The van der Waals surface area contributed by atoms with E-state index in [9.17, 15) is 0 Å². The van der Waals surface area contributed by atoms with E-state index in [-0.39, 0.29) is 10.8 Å². The van der Waals surface area contributed by atoms with Crippen LogP contribution in [0.15, 0.2) is 158 Å². The van der Waals surface area contributed by atoms with E-state index in [4.69, 9.17) is 9.97 Å². The molecule has 2 heteroatoms. The fourth-order valence-electron chi connectivity index (χ4n) is 10.7. The van der Waals surface area contributed by atoms with Gasteiger partial charge in [0.05, 0.1) is 22.8 Å². The molecule has 1 saturated carbocycles. The molecule has 0 atom stereocenters. The van der Waals surface area contributed by atoms with Crippen LogP contribution in [0.3, 0.4) is 0 Å². The summed E-state index contributed by atoms with van der Waals surface area (Å²) in [5, 5.41) is 0. The van der Waals surface area contributed by atoms with E-state index in [1.165, 1.54) is 82.2 Å². The molecule has 0 saturated heterocycles. The van der Waals surface area contributed by atoms with Gasteiger partial charge in [-0.2, -0.15) is 0 Å². The first-order valence-electron chi connectivity index (χ1n) is 20.9. The first-order valence-corrected chi connectivity index (χ1v) is 20.9. The van der Waals surface area contributed by atoms with Crippen LogP contribution in [0.1, 0.15) is 92.3 Å². The van der Waals surface area contributed by atoms with E-state index < -0.39 is 0 Å². The minimum Gasteiger partial charge on any atom is -0.244 e. The summed E-state index contributed by atoms with van der Waals surface area (Å²) >= 11 is 0. The molecule has 276 valence electrons. The molecular formula is C55H46N2. The fourth-order valence-corrected chi connectivity index (χ4v) is 10.7. The summed E-state index contributed by atoms with van der Waals surface area (Å²) in [4.78, 5) is 11.0. The van der Waals surface area contributed by atoms with Gasteiger partial charge in [-0.1, -0.05) is 173 Å². The molecular weight excluding hydrogens is 689 g/mol. The van der Waals surface area contributed by atoms with Crippen LogP contribution in [0.4, 0.5) is 0 Å². The molecule has 11 rings (SSSR count). The van der Waals surface area contributed by atoms with E-state index in [0.29, 0.717) is 0 Å². The molecule has 0 bridgehead atoms. The van der Waals surface area contributed by atoms with Gasteiger partial charge in [-0.25, -0.2) is 9.97 Å². The van der Waals surface area contributed by atoms with Crippen LogP contribution in [0, 0.1) is 0 Å². The van der Waals surface area contributed by atoms with Crippen molar-refractivity contribution in [3.63, 3.8) is 0 Å². The van der Waals surface area contributed by atoms with Crippen molar-refractivity contribution in [3.8, 4) is 56.0 Å². The summed E-state index contributed by atoms with van der Waals surface area (Å²) in [7, 11) is 0. The van der Waals surface area contributed by atoms with Gasteiger partial charge in [-0.15, -0.1) is 0 Å². The molecule has 1 heterocycles. The van der Waals surface area contributed by atoms with Crippen LogP contribution in [0.25, 0.3) is 67.2 Å². The maximum Gasteiger partial charge on any atom is 0.0973 e. The number of hydrogen-bond donors (Lipinski definition) is 0. The van der Waals surface area contributed by atoms with Gasteiger partial charge in [0, 0.05) is 27.5 Å². The summed E-state index contributed by atoms with van der Waals surface area (Å²) in [5.41, 5.74) is 22.8. The second kappa shape index (κ2) is 13.2. The van der Waals surface area contributed by atoms with Crippen LogP contribution in [0.5, 0.6) is 0 Å². The molecule has 1 aromatic heterocycles. The number of hydrogen-bond acceptors (Lipinski definition) is 2. The highest BCUT2D eigenvalue weighted by Gasteiger charge is 2.46. The van der Waals surface area contributed by atoms with Crippen LogP contribution in [-0.4, -0.2) is 9.97 Å². The van der Waals surface area contributed by atoms with Crippen molar-refractivity contribution in [1.82, 2.24) is 9.97 Å². The molecule has 2 nitrogen and oxygen atoms in total. The third-order valence-electron chi connectivity index (χ3n) is 13.6. The second-order valence-electron chi connectivity index (χ2n) is 17.1. The smallest absolute Gasteiger partial charge is 0.0973 e. The molecule has 0 aliphatic heterocycles.